The van der Waals surface area contributed by atoms with E-state index in [2.05, 4.69) is 0 Å². The van der Waals surface area contributed by atoms with Crippen LogP contribution in [0.5, 0.6) is 0 Å². The number of anilines is 1. The van der Waals surface area contributed by atoms with Gasteiger partial charge in [-0.3, -0.25) is 9.59 Å². The van der Waals surface area contributed by atoms with E-state index in [1.165, 1.54) is 9.80 Å². The summed E-state index contributed by atoms with van der Waals surface area (Å²) in [6.45, 7) is 7.78. The van der Waals surface area contributed by atoms with Crippen molar-refractivity contribution in [2.75, 3.05) is 18.0 Å². The van der Waals surface area contributed by atoms with Gasteiger partial charge < -0.3 is 4.90 Å². The number of nitrogens with one attached hydrogen (secondary N) is 1. The number of nitrogens with zero attached hydrogens (tertiary/aromatic N) is 1. The number of amides is 2. The van der Waals surface area contributed by atoms with Crippen LogP contribution in [0.15, 0.2) is 24.3 Å². The zero-order valence-corrected chi connectivity index (χ0v) is 11.8. The monoisotopic (exact) mass is 261 g/mol. The molecule has 0 radical (unpaired) electrons. The van der Waals surface area contributed by atoms with Gasteiger partial charge in [0.15, 0.2) is 6.04 Å². The summed E-state index contributed by atoms with van der Waals surface area (Å²) in [4.78, 5) is 27.1. The Morgan fingerprint density at radius 2 is 1.95 bits per heavy atom. The van der Waals surface area contributed by atoms with E-state index < -0.39 is 0 Å². The number of hydrogen-bond acceptors (Lipinski definition) is 2. The third-order valence-corrected chi connectivity index (χ3v) is 3.81. The van der Waals surface area contributed by atoms with E-state index in [-0.39, 0.29) is 17.9 Å². The number of benzene rings is 1. The van der Waals surface area contributed by atoms with Crippen LogP contribution in [0.3, 0.4) is 0 Å². The highest BCUT2D eigenvalue weighted by atomic mass is 16.2. The van der Waals surface area contributed by atoms with E-state index in [0.717, 1.165) is 18.7 Å². The van der Waals surface area contributed by atoms with Crippen LogP contribution in [-0.2, 0) is 9.59 Å². The summed E-state index contributed by atoms with van der Waals surface area (Å²) in [5.74, 6) is -0.144. The van der Waals surface area contributed by atoms with Gasteiger partial charge >= 0.3 is 0 Å². The van der Waals surface area contributed by atoms with Gasteiger partial charge in [-0.05, 0) is 38.5 Å². The number of imide groups is 1. The minimum atomic E-state index is -0.219. The summed E-state index contributed by atoms with van der Waals surface area (Å²) in [5.41, 5.74) is 1.75. The molecule has 1 unspecified atom stereocenters. The number of hydrogen-bond donors (Lipinski definition) is 1. The molecule has 1 saturated heterocycles. The first kappa shape index (κ1) is 13.7. The van der Waals surface area contributed by atoms with Crippen LogP contribution in [0.25, 0.3) is 0 Å². The number of carbonyl (C=O) groups excluding carboxylic acids is 2. The standard InChI is InChI=1S/C15H20N2O2/c1-4-16(5-2)13-10-14(18)17(15(13)19)12-8-6-7-11(3)9-12/h6-9,13H,4-5,10H2,1-3H3/p+1. The van der Waals surface area contributed by atoms with E-state index in [1.54, 1.807) is 0 Å². The van der Waals surface area contributed by atoms with E-state index in [9.17, 15) is 9.59 Å². The fraction of sp³-hybridized carbons (Fsp3) is 0.467. The lowest BCUT2D eigenvalue weighted by molar-refractivity contribution is -0.911. The van der Waals surface area contributed by atoms with Crippen molar-refractivity contribution in [2.45, 2.75) is 33.2 Å². The van der Waals surface area contributed by atoms with Crippen molar-refractivity contribution in [1.29, 1.82) is 0 Å². The molecule has 0 spiro atoms. The third kappa shape index (κ3) is 2.54. The highest BCUT2D eigenvalue weighted by Crippen LogP contribution is 2.22. The van der Waals surface area contributed by atoms with Crippen LogP contribution < -0.4 is 9.80 Å². The van der Waals surface area contributed by atoms with Crippen molar-refractivity contribution in [1.82, 2.24) is 0 Å². The summed E-state index contributed by atoms with van der Waals surface area (Å²) in [7, 11) is 0. The number of likely N-dealkylation sites (N-methyl/N-ethyl adjacent to an activating group) is 1. The molecule has 1 aliphatic rings. The number of carbonyl (C=O) groups is 2. The van der Waals surface area contributed by atoms with Gasteiger partial charge in [-0.15, -0.1) is 0 Å². The number of aryl methyl sites for hydroxylation is 1. The molecule has 1 atom stereocenters. The molecular formula is C15H21N2O2+. The van der Waals surface area contributed by atoms with Crippen molar-refractivity contribution in [3.05, 3.63) is 29.8 Å². The predicted octanol–water partition coefficient (Wildman–Crippen LogP) is 0.552. The first-order chi connectivity index (χ1) is 9.08. The summed E-state index contributed by atoms with van der Waals surface area (Å²) >= 11 is 0. The lowest BCUT2D eigenvalue weighted by atomic mass is 10.2. The number of quaternary nitrogens is 1. The van der Waals surface area contributed by atoms with Gasteiger partial charge in [0.05, 0.1) is 25.2 Å². The molecule has 102 valence electrons. The zero-order valence-electron chi connectivity index (χ0n) is 11.8. The molecule has 1 aliphatic heterocycles. The molecule has 4 heteroatoms. The Balaban J connectivity index is 2.28. The molecule has 0 bridgehead atoms. The smallest absolute Gasteiger partial charge is 0.292 e. The second kappa shape index (κ2) is 5.53. The molecule has 19 heavy (non-hydrogen) atoms. The van der Waals surface area contributed by atoms with Crippen LogP contribution >= 0.6 is 0 Å². The Bertz CT molecular complexity index is 495. The Kier molecular flexibility index (Phi) is 4.00. The van der Waals surface area contributed by atoms with Crippen LogP contribution in [0.1, 0.15) is 25.8 Å². The minimum absolute atomic E-state index is 0.0608. The fourth-order valence-electron chi connectivity index (χ4n) is 2.73. The first-order valence-electron chi connectivity index (χ1n) is 6.86. The maximum absolute atomic E-state index is 12.5. The average Bonchev–Trinajstić information content (AvgIpc) is 2.67. The van der Waals surface area contributed by atoms with Crippen LogP contribution in [0, 0.1) is 6.92 Å². The maximum Gasteiger partial charge on any atom is 0.292 e. The highest BCUT2D eigenvalue weighted by molar-refractivity contribution is 6.21. The molecular weight excluding hydrogens is 240 g/mol. The van der Waals surface area contributed by atoms with E-state index in [1.807, 2.05) is 45.0 Å². The minimum Gasteiger partial charge on any atom is -0.325 e. The lowest BCUT2D eigenvalue weighted by Gasteiger charge is -2.21. The predicted molar refractivity (Wildman–Crippen MR) is 74.1 cm³/mol. The summed E-state index contributed by atoms with van der Waals surface area (Å²) < 4.78 is 0. The van der Waals surface area contributed by atoms with Crippen molar-refractivity contribution >= 4 is 17.5 Å². The van der Waals surface area contributed by atoms with Crippen molar-refractivity contribution < 1.29 is 14.5 Å². The molecule has 0 aliphatic carbocycles. The van der Waals surface area contributed by atoms with Crippen molar-refractivity contribution in [2.24, 2.45) is 0 Å². The van der Waals surface area contributed by atoms with Gasteiger partial charge in [0.2, 0.25) is 5.91 Å². The van der Waals surface area contributed by atoms with Crippen LogP contribution in [0.2, 0.25) is 0 Å². The summed E-state index contributed by atoms with van der Waals surface area (Å²) in [6.07, 6.45) is 0.323. The molecule has 1 heterocycles. The molecule has 2 rings (SSSR count). The average molecular weight is 261 g/mol. The Morgan fingerprint density at radius 3 is 2.53 bits per heavy atom. The highest BCUT2D eigenvalue weighted by Gasteiger charge is 2.44. The molecule has 0 saturated carbocycles. The molecule has 1 aromatic carbocycles. The van der Waals surface area contributed by atoms with Gasteiger partial charge in [-0.2, -0.15) is 0 Å². The second-order valence-electron chi connectivity index (χ2n) is 5.03. The fourth-order valence-corrected chi connectivity index (χ4v) is 2.73. The molecule has 1 aromatic rings. The molecule has 4 nitrogen and oxygen atoms in total. The largest absolute Gasteiger partial charge is 0.325 e. The van der Waals surface area contributed by atoms with Crippen LogP contribution in [-0.4, -0.2) is 30.9 Å². The van der Waals surface area contributed by atoms with Gasteiger partial charge in [0.25, 0.3) is 5.91 Å². The van der Waals surface area contributed by atoms with Gasteiger partial charge in [-0.25, -0.2) is 4.90 Å². The summed E-state index contributed by atoms with van der Waals surface area (Å²) in [6, 6.07) is 7.33. The second-order valence-corrected chi connectivity index (χ2v) is 5.03. The quantitative estimate of drug-likeness (QED) is 0.804. The van der Waals surface area contributed by atoms with Gasteiger partial charge in [-0.1, -0.05) is 12.1 Å². The molecule has 0 aromatic heterocycles. The Morgan fingerprint density at radius 1 is 1.26 bits per heavy atom. The molecule has 2 amide bonds. The van der Waals surface area contributed by atoms with Gasteiger partial charge in [0, 0.05) is 0 Å². The Labute approximate surface area is 114 Å². The van der Waals surface area contributed by atoms with E-state index in [4.69, 9.17) is 0 Å². The van der Waals surface area contributed by atoms with Gasteiger partial charge in [0.1, 0.15) is 0 Å². The zero-order chi connectivity index (χ0) is 14.0. The SMILES string of the molecule is CC[NH+](CC)C1CC(=O)N(c2cccc(C)c2)C1=O. The normalized spacial score (nSPS) is 19.6. The van der Waals surface area contributed by atoms with Crippen LogP contribution in [0.4, 0.5) is 5.69 Å². The summed E-state index contributed by atoms with van der Waals surface area (Å²) in [5, 5.41) is 0. The Hall–Kier alpha value is -1.68. The van der Waals surface area contributed by atoms with E-state index >= 15 is 0 Å². The van der Waals surface area contributed by atoms with Crippen molar-refractivity contribution in [3.8, 4) is 0 Å². The lowest BCUT2D eigenvalue weighted by Crippen LogP contribution is -3.16. The van der Waals surface area contributed by atoms with E-state index in [0.29, 0.717) is 12.1 Å². The first-order valence-corrected chi connectivity index (χ1v) is 6.86. The molecule has 1 fully saturated rings. The number of rotatable bonds is 4. The maximum atomic E-state index is 12.5. The third-order valence-electron chi connectivity index (χ3n) is 3.81. The topological polar surface area (TPSA) is 41.8 Å². The molecule has 1 N–H and O–H groups in total. The van der Waals surface area contributed by atoms with Crippen molar-refractivity contribution in [3.63, 3.8) is 0 Å².